The summed E-state index contributed by atoms with van der Waals surface area (Å²) in [6.45, 7) is 7.60. The lowest BCUT2D eigenvalue weighted by Crippen LogP contribution is -2.50. The number of piperazine rings is 1. The van der Waals surface area contributed by atoms with Crippen LogP contribution in [0.15, 0.2) is 30.6 Å². The number of amides is 1. The van der Waals surface area contributed by atoms with Crippen molar-refractivity contribution in [3.63, 3.8) is 0 Å². The quantitative estimate of drug-likeness (QED) is 0.882. The first-order valence-electron chi connectivity index (χ1n) is 8.29. The summed E-state index contributed by atoms with van der Waals surface area (Å²) in [6.07, 6.45) is 3.51. The first-order valence-corrected chi connectivity index (χ1v) is 8.29. The molecule has 2 aromatic rings. The van der Waals surface area contributed by atoms with E-state index in [1.165, 1.54) is 0 Å². The highest BCUT2D eigenvalue weighted by Gasteiger charge is 2.26. The first kappa shape index (κ1) is 16.2. The minimum absolute atomic E-state index is 0.104. The molecule has 0 spiro atoms. The van der Waals surface area contributed by atoms with Crippen molar-refractivity contribution in [2.45, 2.75) is 19.9 Å². The summed E-state index contributed by atoms with van der Waals surface area (Å²) in [6, 6.07) is 5.46. The van der Waals surface area contributed by atoms with E-state index in [9.17, 15) is 4.79 Å². The van der Waals surface area contributed by atoms with Crippen LogP contribution >= 0.6 is 0 Å². The molecule has 1 saturated heterocycles. The number of hydrogen-bond donors (Lipinski definition) is 1. The van der Waals surface area contributed by atoms with Gasteiger partial charge in [0.05, 0.1) is 0 Å². The molecule has 3 heterocycles. The Hall–Kier alpha value is -2.64. The molecule has 128 valence electrons. The molecule has 3 rings (SSSR count). The van der Waals surface area contributed by atoms with Crippen molar-refractivity contribution in [3.8, 4) is 0 Å². The summed E-state index contributed by atoms with van der Waals surface area (Å²) in [4.78, 5) is 16.6. The van der Waals surface area contributed by atoms with Crippen LogP contribution in [0.2, 0.25) is 0 Å². The Morgan fingerprint density at radius 3 is 2.62 bits per heavy atom. The predicted octanol–water partition coefficient (Wildman–Crippen LogP) is 1.01. The van der Waals surface area contributed by atoms with Crippen LogP contribution in [0.1, 0.15) is 19.9 Å². The van der Waals surface area contributed by atoms with Gasteiger partial charge in [-0.2, -0.15) is 5.10 Å². The third kappa shape index (κ3) is 3.47. The Labute approximate surface area is 141 Å². The summed E-state index contributed by atoms with van der Waals surface area (Å²) in [5.74, 6) is 1.74. The lowest BCUT2D eigenvalue weighted by Gasteiger charge is -2.36. The number of nitrogens with zero attached hydrogens (tertiary/aromatic N) is 6. The van der Waals surface area contributed by atoms with Crippen LogP contribution in [-0.2, 0) is 4.79 Å². The van der Waals surface area contributed by atoms with Crippen LogP contribution in [0.5, 0.6) is 0 Å². The second kappa shape index (κ2) is 7.29. The second-order valence-corrected chi connectivity index (χ2v) is 5.78. The maximum Gasteiger partial charge on any atom is 0.247 e. The van der Waals surface area contributed by atoms with E-state index in [0.29, 0.717) is 13.1 Å². The normalized spacial score (nSPS) is 16.1. The molecule has 0 aromatic carbocycles. The molecule has 1 atom stereocenters. The van der Waals surface area contributed by atoms with Crippen molar-refractivity contribution in [3.05, 3.63) is 30.6 Å². The number of anilines is 2. The van der Waals surface area contributed by atoms with Crippen molar-refractivity contribution < 1.29 is 4.79 Å². The van der Waals surface area contributed by atoms with Gasteiger partial charge in [0.2, 0.25) is 5.91 Å². The van der Waals surface area contributed by atoms with E-state index >= 15 is 0 Å². The van der Waals surface area contributed by atoms with E-state index in [4.69, 9.17) is 0 Å². The molecular weight excluding hydrogens is 306 g/mol. The third-order valence-electron chi connectivity index (χ3n) is 4.20. The fourth-order valence-corrected chi connectivity index (χ4v) is 2.81. The smallest absolute Gasteiger partial charge is 0.247 e. The highest BCUT2D eigenvalue weighted by molar-refractivity contribution is 5.80. The largest absolute Gasteiger partial charge is 0.369 e. The Morgan fingerprint density at radius 2 is 2.04 bits per heavy atom. The average molecular weight is 329 g/mol. The zero-order chi connectivity index (χ0) is 16.9. The second-order valence-electron chi connectivity index (χ2n) is 5.78. The van der Waals surface area contributed by atoms with Gasteiger partial charge < -0.3 is 15.1 Å². The number of carbonyl (C=O) groups excluding carboxylic acids is 1. The van der Waals surface area contributed by atoms with Gasteiger partial charge in [-0.15, -0.1) is 10.2 Å². The molecule has 1 fully saturated rings. The number of nitrogens with one attached hydrogen (secondary N) is 1. The third-order valence-corrected chi connectivity index (χ3v) is 4.20. The van der Waals surface area contributed by atoms with Gasteiger partial charge in [-0.3, -0.25) is 9.48 Å². The molecule has 0 radical (unpaired) electrons. The SMILES string of the molecule is CCNc1ccc(N2CCN(C(=O)C(C)n3cccn3)CC2)nn1. The molecule has 0 saturated carbocycles. The van der Waals surface area contributed by atoms with Gasteiger partial charge in [0, 0.05) is 45.1 Å². The minimum Gasteiger partial charge on any atom is -0.369 e. The number of rotatable bonds is 5. The van der Waals surface area contributed by atoms with E-state index in [1.54, 1.807) is 10.9 Å². The Morgan fingerprint density at radius 1 is 1.25 bits per heavy atom. The van der Waals surface area contributed by atoms with Gasteiger partial charge >= 0.3 is 0 Å². The van der Waals surface area contributed by atoms with Crippen molar-refractivity contribution in [1.29, 1.82) is 0 Å². The molecule has 1 amide bonds. The number of carbonyl (C=O) groups is 1. The minimum atomic E-state index is -0.272. The monoisotopic (exact) mass is 329 g/mol. The molecule has 2 aromatic heterocycles. The van der Waals surface area contributed by atoms with Gasteiger partial charge in [0.1, 0.15) is 11.9 Å². The average Bonchev–Trinajstić information content (AvgIpc) is 3.16. The molecule has 24 heavy (non-hydrogen) atoms. The van der Waals surface area contributed by atoms with E-state index in [-0.39, 0.29) is 11.9 Å². The van der Waals surface area contributed by atoms with Gasteiger partial charge in [-0.1, -0.05) is 0 Å². The summed E-state index contributed by atoms with van der Waals surface area (Å²) in [5, 5.41) is 15.7. The number of aromatic nitrogens is 4. The number of hydrogen-bond acceptors (Lipinski definition) is 6. The van der Waals surface area contributed by atoms with E-state index in [2.05, 4.69) is 25.5 Å². The molecule has 1 unspecified atom stereocenters. The van der Waals surface area contributed by atoms with Crippen molar-refractivity contribution >= 4 is 17.5 Å². The maximum atomic E-state index is 12.6. The molecule has 0 aliphatic carbocycles. The van der Waals surface area contributed by atoms with Crippen LogP contribution in [0.25, 0.3) is 0 Å². The Bertz CT molecular complexity index is 648. The molecule has 0 bridgehead atoms. The Balaban J connectivity index is 1.56. The zero-order valence-electron chi connectivity index (χ0n) is 14.1. The maximum absolute atomic E-state index is 12.6. The lowest BCUT2D eigenvalue weighted by molar-refractivity contribution is -0.134. The van der Waals surface area contributed by atoms with E-state index in [0.717, 1.165) is 31.3 Å². The molecule has 8 nitrogen and oxygen atoms in total. The summed E-state index contributed by atoms with van der Waals surface area (Å²) in [7, 11) is 0. The summed E-state index contributed by atoms with van der Waals surface area (Å²) < 4.78 is 1.69. The standard InChI is InChI=1S/C16H23N7O/c1-3-17-14-5-6-15(20-19-14)21-9-11-22(12-10-21)16(24)13(2)23-8-4-7-18-23/h4-8,13H,3,9-12H2,1-2H3,(H,17,19). The van der Waals surface area contributed by atoms with Crippen molar-refractivity contribution in [2.24, 2.45) is 0 Å². The predicted molar refractivity (Wildman–Crippen MR) is 91.9 cm³/mol. The zero-order valence-corrected chi connectivity index (χ0v) is 14.1. The van der Waals surface area contributed by atoms with Gasteiger partial charge in [0.15, 0.2) is 5.82 Å². The van der Waals surface area contributed by atoms with Gasteiger partial charge in [-0.25, -0.2) is 0 Å². The fraction of sp³-hybridized carbons (Fsp3) is 0.500. The van der Waals surface area contributed by atoms with Crippen molar-refractivity contribution in [2.75, 3.05) is 42.9 Å². The summed E-state index contributed by atoms with van der Waals surface area (Å²) >= 11 is 0. The van der Waals surface area contributed by atoms with Gasteiger partial charge in [0.25, 0.3) is 0 Å². The van der Waals surface area contributed by atoms with E-state index < -0.39 is 0 Å². The Kier molecular flexibility index (Phi) is 4.93. The fourth-order valence-electron chi connectivity index (χ4n) is 2.81. The van der Waals surface area contributed by atoms with Crippen molar-refractivity contribution in [1.82, 2.24) is 24.9 Å². The highest BCUT2D eigenvalue weighted by Crippen LogP contribution is 2.16. The molecule has 1 N–H and O–H groups in total. The van der Waals surface area contributed by atoms with Crippen LogP contribution < -0.4 is 10.2 Å². The summed E-state index contributed by atoms with van der Waals surface area (Å²) in [5.41, 5.74) is 0. The molecule has 1 aliphatic heterocycles. The molecular formula is C16H23N7O. The highest BCUT2D eigenvalue weighted by atomic mass is 16.2. The molecule has 8 heteroatoms. The van der Waals surface area contributed by atoms with Crippen LogP contribution in [0, 0.1) is 0 Å². The lowest BCUT2D eigenvalue weighted by atomic mass is 10.2. The first-order chi connectivity index (χ1) is 11.7. The van der Waals surface area contributed by atoms with Crippen LogP contribution in [0.4, 0.5) is 11.6 Å². The van der Waals surface area contributed by atoms with Crippen LogP contribution in [-0.4, -0.2) is 63.5 Å². The van der Waals surface area contributed by atoms with Gasteiger partial charge in [-0.05, 0) is 32.0 Å². The van der Waals surface area contributed by atoms with Crippen LogP contribution in [0.3, 0.4) is 0 Å². The topological polar surface area (TPSA) is 79.2 Å². The van der Waals surface area contributed by atoms with E-state index in [1.807, 2.05) is 43.1 Å². The molecule has 1 aliphatic rings.